The third kappa shape index (κ3) is 4.43. The first-order valence-electron chi connectivity index (χ1n) is 12.3. The van der Waals surface area contributed by atoms with Crippen molar-refractivity contribution < 1.29 is 9.21 Å². The minimum Gasteiger partial charge on any atom is -0.468 e. The Morgan fingerprint density at radius 2 is 2.00 bits per heavy atom. The summed E-state index contributed by atoms with van der Waals surface area (Å²) in [6, 6.07) is 5.98. The van der Waals surface area contributed by atoms with E-state index in [-0.39, 0.29) is 17.5 Å². The number of hydrogen-bond donors (Lipinski definition) is 1. The SMILES string of the molecule is Cc1nn(C(C)(C)C)c2nc(C3CC3)cc(C(=O)NCC(c3ccco3)N3CCCCC3)c12. The van der Waals surface area contributed by atoms with Gasteiger partial charge in [0, 0.05) is 18.2 Å². The zero-order valence-corrected chi connectivity index (χ0v) is 20.2. The van der Waals surface area contributed by atoms with Gasteiger partial charge in [0.1, 0.15) is 5.76 Å². The first kappa shape index (κ1) is 22.1. The molecule has 3 aromatic rings. The number of pyridine rings is 1. The molecule has 1 amide bonds. The van der Waals surface area contributed by atoms with Crippen LogP contribution in [0.4, 0.5) is 0 Å². The van der Waals surface area contributed by atoms with Crippen molar-refractivity contribution in [1.82, 2.24) is 25.0 Å². The standard InChI is InChI=1S/C26H35N5O2/c1-17-23-19(15-20(18-10-11-18)28-24(23)31(29-17)26(2,3)4)25(32)27-16-21(22-9-8-14-33-22)30-12-6-5-7-13-30/h8-9,14-15,18,21H,5-7,10-13,16H2,1-4H3,(H,27,32). The Kier molecular flexibility index (Phi) is 5.77. The third-order valence-corrected chi connectivity index (χ3v) is 6.87. The fraction of sp³-hybridized carbons (Fsp3) is 0.577. The second-order valence-electron chi connectivity index (χ2n) is 10.6. The summed E-state index contributed by atoms with van der Waals surface area (Å²) in [4.78, 5) is 21.0. The molecule has 4 heterocycles. The van der Waals surface area contributed by atoms with Gasteiger partial charge in [0.2, 0.25) is 0 Å². The predicted molar refractivity (Wildman–Crippen MR) is 128 cm³/mol. The van der Waals surface area contributed by atoms with Crippen molar-refractivity contribution in [2.45, 2.75) is 77.3 Å². The van der Waals surface area contributed by atoms with E-state index in [9.17, 15) is 4.79 Å². The third-order valence-electron chi connectivity index (χ3n) is 6.87. The van der Waals surface area contributed by atoms with E-state index in [1.165, 1.54) is 19.3 Å². The van der Waals surface area contributed by atoms with E-state index in [0.29, 0.717) is 18.0 Å². The van der Waals surface area contributed by atoms with Gasteiger partial charge in [-0.15, -0.1) is 0 Å². The molecule has 1 atom stereocenters. The Balaban J connectivity index is 1.47. The number of amides is 1. The van der Waals surface area contributed by atoms with E-state index in [2.05, 4.69) is 31.0 Å². The maximum Gasteiger partial charge on any atom is 0.252 e. The topological polar surface area (TPSA) is 76.2 Å². The Bertz CT molecular complexity index is 1130. The fourth-order valence-electron chi connectivity index (χ4n) is 4.95. The number of nitrogens with one attached hydrogen (secondary N) is 1. The van der Waals surface area contributed by atoms with E-state index in [4.69, 9.17) is 14.5 Å². The average Bonchev–Trinajstić information content (AvgIpc) is 3.40. The average molecular weight is 450 g/mol. The van der Waals surface area contributed by atoms with Crippen molar-refractivity contribution >= 4 is 16.9 Å². The molecular formula is C26H35N5O2. The molecule has 3 aromatic heterocycles. The second-order valence-corrected chi connectivity index (χ2v) is 10.6. The van der Waals surface area contributed by atoms with E-state index in [0.717, 1.165) is 54.1 Å². The van der Waals surface area contributed by atoms with Crippen LogP contribution < -0.4 is 5.32 Å². The zero-order valence-electron chi connectivity index (χ0n) is 20.2. The van der Waals surface area contributed by atoms with Crippen LogP contribution >= 0.6 is 0 Å². The quantitative estimate of drug-likeness (QED) is 0.578. The molecule has 7 heteroatoms. The lowest BCUT2D eigenvalue weighted by molar-refractivity contribution is 0.0915. The highest BCUT2D eigenvalue weighted by Gasteiger charge is 2.31. The Hall–Kier alpha value is -2.67. The molecule has 0 radical (unpaired) electrons. The van der Waals surface area contributed by atoms with Gasteiger partial charge in [-0.05, 0) is 84.7 Å². The fourth-order valence-corrected chi connectivity index (χ4v) is 4.95. The molecule has 1 unspecified atom stereocenters. The van der Waals surface area contributed by atoms with Crippen molar-refractivity contribution in [1.29, 1.82) is 0 Å². The molecule has 1 N–H and O–H groups in total. The molecular weight excluding hydrogens is 414 g/mol. The number of rotatable bonds is 6. The van der Waals surface area contributed by atoms with Crippen LogP contribution in [0.25, 0.3) is 11.0 Å². The van der Waals surface area contributed by atoms with E-state index < -0.39 is 0 Å². The van der Waals surface area contributed by atoms with Gasteiger partial charge in [-0.25, -0.2) is 9.67 Å². The molecule has 1 aliphatic heterocycles. The molecule has 1 saturated carbocycles. The summed E-state index contributed by atoms with van der Waals surface area (Å²) in [7, 11) is 0. The molecule has 0 aromatic carbocycles. The zero-order chi connectivity index (χ0) is 23.2. The molecule has 33 heavy (non-hydrogen) atoms. The monoisotopic (exact) mass is 449 g/mol. The van der Waals surface area contributed by atoms with Crippen molar-refractivity contribution in [2.75, 3.05) is 19.6 Å². The number of carbonyl (C=O) groups is 1. The lowest BCUT2D eigenvalue weighted by Crippen LogP contribution is -2.40. The smallest absolute Gasteiger partial charge is 0.252 e. The summed E-state index contributed by atoms with van der Waals surface area (Å²) in [5, 5.41) is 8.88. The maximum absolute atomic E-state index is 13.6. The second kappa shape index (κ2) is 8.60. The van der Waals surface area contributed by atoms with Gasteiger partial charge in [0.15, 0.2) is 5.65 Å². The highest BCUT2D eigenvalue weighted by Crippen LogP contribution is 2.41. The van der Waals surface area contributed by atoms with Gasteiger partial charge in [0.25, 0.3) is 5.91 Å². The lowest BCUT2D eigenvalue weighted by Gasteiger charge is -2.33. The number of nitrogens with zero attached hydrogens (tertiary/aromatic N) is 4. The first-order chi connectivity index (χ1) is 15.8. The Morgan fingerprint density at radius 1 is 1.24 bits per heavy atom. The molecule has 0 spiro atoms. The molecule has 0 bridgehead atoms. The van der Waals surface area contributed by atoms with Gasteiger partial charge >= 0.3 is 0 Å². The normalized spacial score (nSPS) is 18.5. The summed E-state index contributed by atoms with van der Waals surface area (Å²) in [5.74, 6) is 1.30. The highest BCUT2D eigenvalue weighted by molar-refractivity contribution is 6.06. The summed E-state index contributed by atoms with van der Waals surface area (Å²) in [6.07, 6.45) is 7.63. The summed E-state index contributed by atoms with van der Waals surface area (Å²) < 4.78 is 7.73. The van der Waals surface area contributed by atoms with Crippen LogP contribution in [0, 0.1) is 6.92 Å². The minimum absolute atomic E-state index is 0.0443. The number of piperidine rings is 1. The van der Waals surface area contributed by atoms with Crippen molar-refractivity contribution in [3.8, 4) is 0 Å². The van der Waals surface area contributed by atoms with Crippen LogP contribution in [0.5, 0.6) is 0 Å². The molecule has 1 saturated heterocycles. The van der Waals surface area contributed by atoms with E-state index in [1.54, 1.807) is 6.26 Å². The van der Waals surface area contributed by atoms with Crippen LogP contribution in [0.2, 0.25) is 0 Å². The molecule has 5 rings (SSSR count). The number of fused-ring (bicyclic) bond motifs is 1. The van der Waals surface area contributed by atoms with Gasteiger partial charge in [-0.3, -0.25) is 9.69 Å². The lowest BCUT2D eigenvalue weighted by atomic mass is 10.0. The van der Waals surface area contributed by atoms with Gasteiger partial charge < -0.3 is 9.73 Å². The molecule has 2 fully saturated rings. The summed E-state index contributed by atoms with van der Waals surface area (Å²) in [5.41, 5.74) is 3.14. The number of aryl methyl sites for hydroxylation is 1. The molecule has 7 nitrogen and oxygen atoms in total. The number of aromatic nitrogens is 3. The molecule has 176 valence electrons. The summed E-state index contributed by atoms with van der Waals surface area (Å²) >= 11 is 0. The maximum atomic E-state index is 13.6. The Morgan fingerprint density at radius 3 is 2.64 bits per heavy atom. The van der Waals surface area contributed by atoms with Crippen LogP contribution in [0.15, 0.2) is 28.9 Å². The largest absolute Gasteiger partial charge is 0.468 e. The number of furan rings is 1. The van der Waals surface area contributed by atoms with Crippen LogP contribution in [-0.4, -0.2) is 45.2 Å². The number of hydrogen-bond acceptors (Lipinski definition) is 5. The van der Waals surface area contributed by atoms with Crippen molar-refractivity contribution in [2.24, 2.45) is 0 Å². The van der Waals surface area contributed by atoms with Gasteiger partial charge in [-0.1, -0.05) is 6.42 Å². The Labute approximate surface area is 195 Å². The van der Waals surface area contributed by atoms with Gasteiger partial charge in [-0.2, -0.15) is 5.10 Å². The van der Waals surface area contributed by atoms with E-state index in [1.807, 2.05) is 29.8 Å². The van der Waals surface area contributed by atoms with Crippen molar-refractivity contribution in [3.05, 3.63) is 47.2 Å². The van der Waals surface area contributed by atoms with Crippen LogP contribution in [-0.2, 0) is 5.54 Å². The highest BCUT2D eigenvalue weighted by atomic mass is 16.3. The number of carbonyl (C=O) groups excluding carboxylic acids is 1. The number of likely N-dealkylation sites (tertiary alicyclic amines) is 1. The van der Waals surface area contributed by atoms with Crippen molar-refractivity contribution in [3.63, 3.8) is 0 Å². The molecule has 1 aliphatic carbocycles. The predicted octanol–water partition coefficient (Wildman–Crippen LogP) is 4.92. The molecule has 2 aliphatic rings. The van der Waals surface area contributed by atoms with E-state index >= 15 is 0 Å². The van der Waals surface area contributed by atoms with Gasteiger partial charge in [0.05, 0.1) is 34.5 Å². The summed E-state index contributed by atoms with van der Waals surface area (Å²) in [6.45, 7) is 10.9. The van der Waals surface area contributed by atoms with Crippen LogP contribution in [0.3, 0.4) is 0 Å². The van der Waals surface area contributed by atoms with Crippen LogP contribution in [0.1, 0.15) is 92.3 Å². The minimum atomic E-state index is -0.214. The first-order valence-corrected chi connectivity index (χ1v) is 12.3.